The second-order valence-corrected chi connectivity index (χ2v) is 3.82. The van der Waals surface area contributed by atoms with Crippen LogP contribution in [0.15, 0.2) is 17.7 Å². The van der Waals surface area contributed by atoms with Crippen LogP contribution in [0.2, 0.25) is 0 Å². The number of hydrogen-bond acceptors (Lipinski definition) is 4. The van der Waals surface area contributed by atoms with Crippen LogP contribution in [-0.4, -0.2) is 38.6 Å². The first-order valence-electron chi connectivity index (χ1n) is 5.56. The molecule has 0 spiro atoms. The summed E-state index contributed by atoms with van der Waals surface area (Å²) in [5.41, 5.74) is -1.74. The van der Waals surface area contributed by atoms with Gasteiger partial charge in [-0.3, -0.25) is 0 Å². The quantitative estimate of drug-likeness (QED) is 0.847. The minimum atomic E-state index is -4.98. The minimum Gasteiger partial charge on any atom is -0.493 e. The fourth-order valence-corrected chi connectivity index (χ4v) is 1.62. The van der Waals surface area contributed by atoms with Crippen LogP contribution in [-0.2, 0) is 4.79 Å². The Morgan fingerprint density at radius 1 is 1.10 bits per heavy atom. The van der Waals surface area contributed by atoms with Crippen molar-refractivity contribution >= 4 is 12.0 Å². The van der Waals surface area contributed by atoms with Gasteiger partial charge in [-0.15, -0.1) is 0 Å². The zero-order chi connectivity index (χ0) is 16.2. The molecule has 0 saturated heterocycles. The van der Waals surface area contributed by atoms with Gasteiger partial charge in [0.05, 0.1) is 21.3 Å². The molecule has 1 N–H and O–H groups in total. The molecule has 1 rings (SSSR count). The summed E-state index contributed by atoms with van der Waals surface area (Å²) >= 11 is 0. The van der Waals surface area contributed by atoms with E-state index in [-0.39, 0.29) is 22.8 Å². The average molecular weight is 306 g/mol. The summed E-state index contributed by atoms with van der Waals surface area (Å²) in [4.78, 5) is 10.7. The Balaban J connectivity index is 3.47. The van der Waals surface area contributed by atoms with E-state index in [4.69, 9.17) is 19.3 Å². The van der Waals surface area contributed by atoms with E-state index in [2.05, 4.69) is 0 Å². The van der Waals surface area contributed by atoms with Gasteiger partial charge in [-0.25, -0.2) is 4.79 Å². The van der Waals surface area contributed by atoms with E-state index in [0.29, 0.717) is 6.08 Å². The molecule has 21 heavy (non-hydrogen) atoms. The Kier molecular flexibility index (Phi) is 5.07. The lowest BCUT2D eigenvalue weighted by molar-refractivity contribution is -0.144. The van der Waals surface area contributed by atoms with Crippen LogP contribution in [0, 0.1) is 0 Å². The Labute approximate surface area is 118 Å². The summed E-state index contributed by atoms with van der Waals surface area (Å²) in [5.74, 6) is -1.64. The number of methoxy groups -OCH3 is 3. The molecule has 1 aromatic carbocycles. The van der Waals surface area contributed by atoms with Crippen LogP contribution >= 0.6 is 0 Å². The summed E-state index contributed by atoms with van der Waals surface area (Å²) in [7, 11) is 3.94. The molecule has 0 aliphatic rings. The monoisotopic (exact) mass is 306 g/mol. The summed E-state index contributed by atoms with van der Waals surface area (Å²) in [6.07, 6.45) is -4.49. The molecule has 0 unspecified atom stereocenters. The molecule has 0 radical (unpaired) electrons. The number of hydrogen-bond donors (Lipinski definition) is 1. The molecule has 116 valence electrons. The van der Waals surface area contributed by atoms with E-state index in [1.54, 1.807) is 0 Å². The second-order valence-electron chi connectivity index (χ2n) is 3.82. The number of carboxylic acid groups (broad SMARTS) is 1. The van der Waals surface area contributed by atoms with Crippen molar-refractivity contribution in [2.45, 2.75) is 6.18 Å². The zero-order valence-electron chi connectivity index (χ0n) is 11.4. The van der Waals surface area contributed by atoms with Crippen molar-refractivity contribution in [3.8, 4) is 17.2 Å². The first kappa shape index (κ1) is 16.7. The van der Waals surface area contributed by atoms with E-state index in [9.17, 15) is 18.0 Å². The van der Waals surface area contributed by atoms with Crippen LogP contribution in [0.5, 0.6) is 17.2 Å². The third-order valence-electron chi connectivity index (χ3n) is 2.53. The minimum absolute atomic E-state index is 0.0424. The maximum atomic E-state index is 12.6. The highest BCUT2D eigenvalue weighted by molar-refractivity contribution is 5.93. The Morgan fingerprint density at radius 2 is 1.57 bits per heavy atom. The van der Waals surface area contributed by atoms with Gasteiger partial charge in [0, 0.05) is 0 Å². The lowest BCUT2D eigenvalue weighted by Crippen LogP contribution is -2.19. The van der Waals surface area contributed by atoms with Crippen LogP contribution in [0.4, 0.5) is 13.2 Å². The summed E-state index contributed by atoms with van der Waals surface area (Å²) in [5, 5.41) is 8.65. The molecule has 0 fully saturated rings. The van der Waals surface area contributed by atoms with Crippen molar-refractivity contribution in [1.29, 1.82) is 0 Å². The number of carbonyl (C=O) groups is 1. The summed E-state index contributed by atoms with van der Waals surface area (Å²) < 4.78 is 52.9. The van der Waals surface area contributed by atoms with Gasteiger partial charge in [-0.1, -0.05) is 0 Å². The zero-order valence-corrected chi connectivity index (χ0v) is 11.4. The lowest BCUT2D eigenvalue weighted by Gasteiger charge is -2.13. The molecule has 0 saturated carbocycles. The fourth-order valence-electron chi connectivity index (χ4n) is 1.62. The highest BCUT2D eigenvalue weighted by Gasteiger charge is 2.38. The maximum Gasteiger partial charge on any atom is 0.423 e. The molecule has 8 heteroatoms. The number of alkyl halides is 3. The smallest absolute Gasteiger partial charge is 0.423 e. The van der Waals surface area contributed by atoms with Crippen molar-refractivity contribution < 1.29 is 37.3 Å². The molecular weight excluding hydrogens is 293 g/mol. The normalized spacial score (nSPS) is 12.0. The van der Waals surface area contributed by atoms with Gasteiger partial charge in [-0.05, 0) is 23.8 Å². The third kappa shape index (κ3) is 3.80. The van der Waals surface area contributed by atoms with Crippen molar-refractivity contribution in [3.63, 3.8) is 0 Å². The fraction of sp³-hybridized carbons (Fsp3) is 0.308. The van der Waals surface area contributed by atoms with Gasteiger partial charge in [0.1, 0.15) is 5.57 Å². The molecule has 0 aliphatic heterocycles. The maximum absolute atomic E-state index is 12.6. The third-order valence-corrected chi connectivity index (χ3v) is 2.53. The first-order chi connectivity index (χ1) is 9.74. The molecule has 0 aromatic heterocycles. The van der Waals surface area contributed by atoms with Gasteiger partial charge in [0.25, 0.3) is 0 Å². The molecule has 1 aromatic rings. The average Bonchev–Trinajstić information content (AvgIpc) is 2.41. The van der Waals surface area contributed by atoms with Gasteiger partial charge < -0.3 is 19.3 Å². The van der Waals surface area contributed by atoms with E-state index >= 15 is 0 Å². The largest absolute Gasteiger partial charge is 0.493 e. The van der Waals surface area contributed by atoms with Crippen LogP contribution in [0.25, 0.3) is 6.08 Å². The summed E-state index contributed by atoms with van der Waals surface area (Å²) in [6, 6.07) is 2.44. The van der Waals surface area contributed by atoms with Gasteiger partial charge in [0.2, 0.25) is 5.75 Å². The molecule has 0 bridgehead atoms. The molecule has 5 nitrogen and oxygen atoms in total. The number of ether oxygens (including phenoxy) is 3. The molecule has 0 atom stereocenters. The highest BCUT2D eigenvalue weighted by atomic mass is 19.4. The summed E-state index contributed by atoms with van der Waals surface area (Å²) in [6.45, 7) is 0. The first-order valence-corrected chi connectivity index (χ1v) is 5.56. The van der Waals surface area contributed by atoms with Crippen LogP contribution in [0.3, 0.4) is 0 Å². The van der Waals surface area contributed by atoms with E-state index < -0.39 is 17.7 Å². The van der Waals surface area contributed by atoms with Gasteiger partial charge in [-0.2, -0.15) is 13.2 Å². The topological polar surface area (TPSA) is 65.0 Å². The molecule has 0 heterocycles. The van der Waals surface area contributed by atoms with Crippen molar-refractivity contribution in [3.05, 3.63) is 23.3 Å². The Bertz CT molecular complexity index is 538. The van der Waals surface area contributed by atoms with Crippen molar-refractivity contribution in [2.24, 2.45) is 0 Å². The number of carboxylic acids is 1. The Morgan fingerprint density at radius 3 is 1.86 bits per heavy atom. The number of halogens is 3. The van der Waals surface area contributed by atoms with Gasteiger partial charge >= 0.3 is 12.1 Å². The number of aliphatic carboxylic acids is 1. The molecular formula is C13H13F3O5. The van der Waals surface area contributed by atoms with Crippen molar-refractivity contribution in [2.75, 3.05) is 21.3 Å². The number of rotatable bonds is 5. The van der Waals surface area contributed by atoms with E-state index in [0.717, 1.165) is 0 Å². The second kappa shape index (κ2) is 6.38. The predicted molar refractivity (Wildman–Crippen MR) is 67.8 cm³/mol. The van der Waals surface area contributed by atoms with E-state index in [1.807, 2.05) is 0 Å². The predicted octanol–water partition coefficient (Wildman–Crippen LogP) is 2.74. The van der Waals surface area contributed by atoms with Crippen LogP contribution in [0.1, 0.15) is 5.56 Å². The highest BCUT2D eigenvalue weighted by Crippen LogP contribution is 2.39. The Hall–Kier alpha value is -2.38. The number of benzene rings is 1. The van der Waals surface area contributed by atoms with E-state index in [1.165, 1.54) is 33.5 Å². The van der Waals surface area contributed by atoms with Gasteiger partial charge in [0.15, 0.2) is 11.5 Å². The molecule has 0 amide bonds. The van der Waals surface area contributed by atoms with Crippen LogP contribution < -0.4 is 14.2 Å². The molecule has 0 aliphatic carbocycles. The van der Waals surface area contributed by atoms with Crippen molar-refractivity contribution in [1.82, 2.24) is 0 Å². The standard InChI is InChI=1S/C13H13F3O5/c1-19-9-5-7(6-10(20-2)11(9)21-3)4-8(12(17)18)13(14,15)16/h4-6H,1-3H3,(H,17,18)/b8-4+. The SMILES string of the molecule is COc1cc(/C=C(\C(=O)O)C(F)(F)F)cc(OC)c1OC. The lowest BCUT2D eigenvalue weighted by atomic mass is 10.1.